The van der Waals surface area contributed by atoms with Crippen molar-refractivity contribution in [2.45, 2.75) is 43.6 Å². The third-order valence-corrected chi connectivity index (χ3v) is 4.99. The Bertz CT molecular complexity index is 628. The minimum atomic E-state index is -1.76. The Morgan fingerprint density at radius 3 is 2.17 bits per heavy atom. The molecular weight excluding hydrogens is 435 g/mol. The van der Waals surface area contributed by atoms with Crippen molar-refractivity contribution in [3.05, 3.63) is 29.8 Å². The number of aliphatic hydroxyl groups excluding tert-OH is 4. The van der Waals surface area contributed by atoms with Crippen LogP contribution in [0.15, 0.2) is 24.3 Å². The van der Waals surface area contributed by atoms with Gasteiger partial charge in [-0.15, -0.1) is 23.2 Å². The zero-order valence-corrected chi connectivity index (χ0v) is 18.2. The summed E-state index contributed by atoms with van der Waals surface area (Å²) in [6.07, 6.45) is -3.57. The third-order valence-electron chi connectivity index (χ3n) is 4.65. The van der Waals surface area contributed by atoms with Crippen LogP contribution < -0.4 is 10.2 Å². The lowest BCUT2D eigenvalue weighted by molar-refractivity contribution is -0.131. The SMILES string of the molecule is O=C[C@@H](NC(=O)CCCc1ccc(N(CCCl)CCCl)cc1)[C@H](O)[C@H](O)[C@H](O)CO. The van der Waals surface area contributed by atoms with E-state index in [2.05, 4.69) is 10.2 Å². The van der Waals surface area contributed by atoms with Crippen LogP contribution in [0.1, 0.15) is 18.4 Å². The van der Waals surface area contributed by atoms with Crippen LogP contribution >= 0.6 is 23.2 Å². The van der Waals surface area contributed by atoms with Crippen LogP contribution in [0.4, 0.5) is 5.69 Å². The van der Waals surface area contributed by atoms with E-state index < -0.39 is 36.9 Å². The number of aldehydes is 1. The molecule has 0 aliphatic heterocycles. The number of nitrogens with zero attached hydrogens (tertiary/aromatic N) is 1. The van der Waals surface area contributed by atoms with Gasteiger partial charge in [-0.3, -0.25) is 4.79 Å². The summed E-state index contributed by atoms with van der Waals surface area (Å²) in [7, 11) is 0. The lowest BCUT2D eigenvalue weighted by atomic mass is 10.0. The second-order valence-corrected chi connectivity index (χ2v) is 7.60. The van der Waals surface area contributed by atoms with Gasteiger partial charge in [0.05, 0.1) is 6.61 Å². The van der Waals surface area contributed by atoms with Crippen molar-refractivity contribution in [3.63, 3.8) is 0 Å². The van der Waals surface area contributed by atoms with E-state index in [-0.39, 0.29) is 12.7 Å². The van der Waals surface area contributed by atoms with E-state index in [1.807, 2.05) is 24.3 Å². The Labute approximate surface area is 186 Å². The highest BCUT2D eigenvalue weighted by Crippen LogP contribution is 2.17. The summed E-state index contributed by atoms with van der Waals surface area (Å²) in [4.78, 5) is 25.3. The quantitative estimate of drug-likeness (QED) is 0.183. The number of aliphatic hydroxyl groups is 4. The lowest BCUT2D eigenvalue weighted by Gasteiger charge is -2.26. The number of anilines is 1. The molecule has 0 bridgehead atoms. The van der Waals surface area contributed by atoms with Gasteiger partial charge in [0.25, 0.3) is 0 Å². The Kier molecular flexibility index (Phi) is 12.9. The highest BCUT2D eigenvalue weighted by atomic mass is 35.5. The highest BCUT2D eigenvalue weighted by molar-refractivity contribution is 6.18. The second kappa shape index (κ2) is 14.6. The smallest absolute Gasteiger partial charge is 0.220 e. The zero-order chi connectivity index (χ0) is 22.5. The van der Waals surface area contributed by atoms with Crippen LogP contribution in [0, 0.1) is 0 Å². The number of alkyl halides is 2. The Morgan fingerprint density at radius 1 is 1.07 bits per heavy atom. The summed E-state index contributed by atoms with van der Waals surface area (Å²) in [6.45, 7) is 0.606. The normalized spacial score (nSPS) is 15.1. The predicted molar refractivity (Wildman–Crippen MR) is 116 cm³/mol. The fourth-order valence-electron chi connectivity index (χ4n) is 2.91. The minimum Gasteiger partial charge on any atom is -0.394 e. The Hall–Kier alpha value is -1.42. The molecule has 8 nitrogen and oxygen atoms in total. The summed E-state index contributed by atoms with van der Waals surface area (Å²) < 4.78 is 0. The maximum atomic E-state index is 12.0. The molecule has 0 spiro atoms. The van der Waals surface area contributed by atoms with Gasteiger partial charge in [0.15, 0.2) is 0 Å². The molecule has 0 unspecified atom stereocenters. The molecule has 4 atom stereocenters. The number of rotatable bonds is 15. The molecule has 0 fully saturated rings. The van der Waals surface area contributed by atoms with E-state index in [4.69, 9.17) is 28.3 Å². The molecule has 1 aromatic rings. The Morgan fingerprint density at radius 2 is 1.67 bits per heavy atom. The van der Waals surface area contributed by atoms with E-state index >= 15 is 0 Å². The fourth-order valence-corrected chi connectivity index (χ4v) is 3.31. The molecule has 1 rings (SSSR count). The first-order valence-electron chi connectivity index (χ1n) is 9.73. The maximum absolute atomic E-state index is 12.0. The maximum Gasteiger partial charge on any atom is 0.220 e. The van der Waals surface area contributed by atoms with Crippen molar-refractivity contribution in [2.24, 2.45) is 0 Å². The van der Waals surface area contributed by atoms with Crippen molar-refractivity contribution >= 4 is 41.1 Å². The van der Waals surface area contributed by atoms with Crippen LogP contribution in [-0.2, 0) is 16.0 Å². The fraction of sp³-hybridized carbons (Fsp3) is 0.600. The summed E-state index contributed by atoms with van der Waals surface area (Å²) in [6, 6.07) is 6.49. The summed E-state index contributed by atoms with van der Waals surface area (Å²) in [5.74, 6) is 0.532. The molecule has 0 aliphatic carbocycles. The number of amides is 1. The average Bonchev–Trinajstić information content (AvgIpc) is 2.76. The van der Waals surface area contributed by atoms with E-state index in [0.29, 0.717) is 37.7 Å². The first kappa shape index (κ1) is 26.6. The number of benzene rings is 1. The molecular formula is C20H30Cl2N2O6. The van der Waals surface area contributed by atoms with Crippen molar-refractivity contribution in [2.75, 3.05) is 36.4 Å². The van der Waals surface area contributed by atoms with Crippen LogP contribution in [0.3, 0.4) is 0 Å². The molecule has 0 aliphatic rings. The van der Waals surface area contributed by atoms with Crippen molar-refractivity contribution in [3.8, 4) is 0 Å². The molecule has 0 saturated heterocycles. The first-order chi connectivity index (χ1) is 14.4. The van der Waals surface area contributed by atoms with Gasteiger partial charge >= 0.3 is 0 Å². The molecule has 0 radical (unpaired) electrons. The lowest BCUT2D eigenvalue weighted by Crippen LogP contribution is -2.53. The molecule has 0 aromatic heterocycles. The second-order valence-electron chi connectivity index (χ2n) is 6.85. The van der Waals surface area contributed by atoms with Gasteiger partial charge in [0.1, 0.15) is 30.6 Å². The number of hydrogen-bond donors (Lipinski definition) is 5. The Balaban J connectivity index is 2.50. The minimum absolute atomic E-state index is 0.113. The average molecular weight is 465 g/mol. The largest absolute Gasteiger partial charge is 0.394 e. The summed E-state index contributed by atoms with van der Waals surface area (Å²) in [5, 5.41) is 40.0. The van der Waals surface area contributed by atoms with Gasteiger partial charge in [-0.25, -0.2) is 0 Å². The van der Waals surface area contributed by atoms with Crippen LogP contribution in [0.5, 0.6) is 0 Å². The van der Waals surface area contributed by atoms with Gasteiger partial charge in [0, 0.05) is 37.0 Å². The summed E-state index contributed by atoms with van der Waals surface area (Å²) in [5.41, 5.74) is 2.06. The van der Waals surface area contributed by atoms with Crippen molar-refractivity contribution < 1.29 is 30.0 Å². The number of hydrogen-bond acceptors (Lipinski definition) is 7. The van der Waals surface area contributed by atoms with Crippen LogP contribution in [-0.4, -0.2) is 88.4 Å². The molecule has 1 amide bonds. The third kappa shape index (κ3) is 8.75. The summed E-state index contributed by atoms with van der Waals surface area (Å²) >= 11 is 11.6. The standard InChI is InChI=1S/C20H30Cl2N2O6/c21-8-10-24(11-9-22)15-6-4-14(5-7-15)2-1-3-18(28)23-16(12-25)19(29)20(30)17(27)13-26/h4-7,12,16-17,19-20,26-27,29-30H,1-3,8-11,13H2,(H,23,28)/t16-,17-,19+,20-/m1/s1. The molecule has 170 valence electrons. The number of carbonyl (C=O) groups is 2. The van der Waals surface area contributed by atoms with E-state index in [0.717, 1.165) is 11.3 Å². The van der Waals surface area contributed by atoms with E-state index in [1.165, 1.54) is 0 Å². The van der Waals surface area contributed by atoms with Gasteiger partial charge in [0.2, 0.25) is 5.91 Å². The molecule has 0 heterocycles. The zero-order valence-electron chi connectivity index (χ0n) is 16.7. The van der Waals surface area contributed by atoms with Crippen LogP contribution in [0.2, 0.25) is 0 Å². The number of nitrogens with one attached hydrogen (secondary N) is 1. The van der Waals surface area contributed by atoms with Crippen LogP contribution in [0.25, 0.3) is 0 Å². The topological polar surface area (TPSA) is 130 Å². The van der Waals surface area contributed by atoms with Gasteiger partial charge in [-0.05, 0) is 30.5 Å². The number of halogens is 2. The molecule has 1 aromatic carbocycles. The predicted octanol–water partition coefficient (Wildman–Crippen LogP) is 0.0520. The molecule has 5 N–H and O–H groups in total. The molecule has 10 heteroatoms. The van der Waals surface area contributed by atoms with Crippen molar-refractivity contribution in [1.29, 1.82) is 0 Å². The highest BCUT2D eigenvalue weighted by Gasteiger charge is 2.31. The number of aryl methyl sites for hydroxylation is 1. The van der Waals surface area contributed by atoms with Gasteiger partial charge < -0.3 is 35.4 Å². The monoisotopic (exact) mass is 464 g/mol. The van der Waals surface area contributed by atoms with Gasteiger partial charge in [-0.1, -0.05) is 12.1 Å². The molecule has 0 saturated carbocycles. The van der Waals surface area contributed by atoms with Crippen molar-refractivity contribution in [1.82, 2.24) is 5.32 Å². The van der Waals surface area contributed by atoms with Gasteiger partial charge in [-0.2, -0.15) is 0 Å². The first-order valence-corrected chi connectivity index (χ1v) is 10.8. The van der Waals surface area contributed by atoms with E-state index in [1.54, 1.807) is 0 Å². The number of carbonyl (C=O) groups excluding carboxylic acids is 2. The molecule has 30 heavy (non-hydrogen) atoms. The van der Waals surface area contributed by atoms with E-state index in [9.17, 15) is 24.9 Å².